The van der Waals surface area contributed by atoms with Crippen LogP contribution in [0, 0.1) is 6.92 Å². The summed E-state index contributed by atoms with van der Waals surface area (Å²) in [6.07, 6.45) is 0. The molecule has 2 aliphatic rings. The number of benzene rings is 1. The number of nitrogens with zero attached hydrogens (tertiary/aromatic N) is 2. The molecule has 3 amide bonds. The minimum Gasteiger partial charge on any atom is -0.368 e. The van der Waals surface area contributed by atoms with E-state index in [9.17, 15) is 14.8 Å². The van der Waals surface area contributed by atoms with Crippen molar-refractivity contribution < 1.29 is 14.8 Å². The van der Waals surface area contributed by atoms with Gasteiger partial charge in [0.25, 0.3) is 0 Å². The molecule has 0 radical (unpaired) electrons. The molecule has 23 heavy (non-hydrogen) atoms. The van der Waals surface area contributed by atoms with E-state index in [0.29, 0.717) is 5.06 Å². The number of carbonyl (C=O) groups excluding carboxylic acids is 2. The number of nitrogens with two attached hydrogens (primary N) is 1. The summed E-state index contributed by atoms with van der Waals surface area (Å²) in [4.78, 5) is 27.1. The van der Waals surface area contributed by atoms with Gasteiger partial charge in [-0.1, -0.05) is 24.3 Å². The zero-order valence-corrected chi connectivity index (χ0v) is 13.2. The highest BCUT2D eigenvalue weighted by molar-refractivity contribution is 7.16. The summed E-state index contributed by atoms with van der Waals surface area (Å²) in [6.45, 7) is 2.30. The normalized spacial score (nSPS) is 22.4. The first kappa shape index (κ1) is 14.2. The molecular formula is C16H15N3O3S. The van der Waals surface area contributed by atoms with Gasteiger partial charge in [0, 0.05) is 9.75 Å². The van der Waals surface area contributed by atoms with Crippen molar-refractivity contribution in [3.8, 4) is 10.4 Å². The number of amides is 3. The van der Waals surface area contributed by atoms with E-state index in [1.54, 1.807) is 0 Å². The fraction of sp³-hybridized carbons (Fsp3) is 0.250. The van der Waals surface area contributed by atoms with Crippen LogP contribution in [0.3, 0.4) is 0 Å². The van der Waals surface area contributed by atoms with Crippen molar-refractivity contribution in [3.63, 3.8) is 0 Å². The zero-order valence-electron chi connectivity index (χ0n) is 12.4. The van der Waals surface area contributed by atoms with Crippen LogP contribution in [0.25, 0.3) is 10.4 Å². The number of thiophene rings is 1. The third-order valence-electron chi connectivity index (χ3n) is 4.50. The Bertz CT molecular complexity index is 832. The summed E-state index contributed by atoms with van der Waals surface area (Å²) in [5.74, 6) is -0.577. The van der Waals surface area contributed by atoms with Crippen molar-refractivity contribution >= 4 is 23.3 Å². The van der Waals surface area contributed by atoms with Crippen LogP contribution in [0.2, 0.25) is 0 Å². The molecule has 0 spiro atoms. The zero-order chi connectivity index (χ0) is 16.3. The Hall–Kier alpha value is -2.38. The second kappa shape index (κ2) is 4.81. The number of primary amides is 1. The van der Waals surface area contributed by atoms with Crippen LogP contribution in [0.4, 0.5) is 4.79 Å². The molecule has 1 fully saturated rings. The van der Waals surface area contributed by atoms with Gasteiger partial charge < -0.3 is 10.6 Å². The minimum atomic E-state index is -0.811. The van der Waals surface area contributed by atoms with Gasteiger partial charge in [0.15, 0.2) is 0 Å². The maximum Gasteiger partial charge on any atom is 0.345 e. The van der Waals surface area contributed by atoms with Crippen LogP contribution in [0.5, 0.6) is 0 Å². The molecule has 118 valence electrons. The number of urea groups is 1. The lowest BCUT2D eigenvalue weighted by molar-refractivity contribution is -0.122. The van der Waals surface area contributed by atoms with Crippen LogP contribution >= 0.6 is 11.3 Å². The van der Waals surface area contributed by atoms with Gasteiger partial charge in [-0.25, -0.2) is 4.79 Å². The maximum absolute atomic E-state index is 12.1. The van der Waals surface area contributed by atoms with E-state index in [0.717, 1.165) is 26.4 Å². The summed E-state index contributed by atoms with van der Waals surface area (Å²) >= 11 is 1.46. The van der Waals surface area contributed by atoms with Crippen LogP contribution < -0.4 is 5.73 Å². The van der Waals surface area contributed by atoms with Gasteiger partial charge in [-0.2, -0.15) is 5.06 Å². The predicted octanol–water partition coefficient (Wildman–Crippen LogP) is 2.43. The summed E-state index contributed by atoms with van der Waals surface area (Å²) in [7, 11) is 0. The molecule has 1 unspecified atom stereocenters. The molecule has 4 rings (SSSR count). The topological polar surface area (TPSA) is 86.9 Å². The van der Waals surface area contributed by atoms with Crippen LogP contribution in [0.1, 0.15) is 28.1 Å². The number of carbonyl (C=O) groups is 2. The Labute approximate surface area is 136 Å². The summed E-state index contributed by atoms with van der Waals surface area (Å²) in [5.41, 5.74) is 8.54. The van der Waals surface area contributed by atoms with Gasteiger partial charge in [-0.05, 0) is 29.7 Å². The van der Waals surface area contributed by atoms with Crippen molar-refractivity contribution in [2.75, 3.05) is 6.54 Å². The molecular weight excluding hydrogens is 314 g/mol. The number of hydrogen-bond donors (Lipinski definition) is 2. The van der Waals surface area contributed by atoms with Crippen molar-refractivity contribution in [1.82, 2.24) is 9.96 Å². The minimum absolute atomic E-state index is 0.278. The van der Waals surface area contributed by atoms with Crippen molar-refractivity contribution in [1.29, 1.82) is 0 Å². The predicted molar refractivity (Wildman–Crippen MR) is 84.9 cm³/mol. The van der Waals surface area contributed by atoms with Crippen LogP contribution in [-0.2, 0) is 4.79 Å². The van der Waals surface area contributed by atoms with Crippen LogP contribution in [0.15, 0.2) is 30.3 Å². The molecule has 2 aliphatic heterocycles. The first-order valence-corrected chi connectivity index (χ1v) is 8.08. The Kier molecular flexibility index (Phi) is 2.97. The smallest absolute Gasteiger partial charge is 0.345 e. The molecule has 0 saturated carbocycles. The monoisotopic (exact) mass is 329 g/mol. The van der Waals surface area contributed by atoms with E-state index in [4.69, 9.17) is 5.73 Å². The van der Waals surface area contributed by atoms with E-state index < -0.39 is 24.0 Å². The second-order valence-electron chi connectivity index (χ2n) is 5.85. The number of fused-ring (bicyclic) bond motifs is 4. The van der Waals surface area contributed by atoms with Crippen LogP contribution in [-0.4, -0.2) is 33.7 Å². The average molecular weight is 329 g/mol. The summed E-state index contributed by atoms with van der Waals surface area (Å²) in [6, 6.07) is 8.12. The molecule has 7 heteroatoms. The van der Waals surface area contributed by atoms with E-state index in [2.05, 4.69) is 0 Å². The number of rotatable bonds is 2. The Morgan fingerprint density at radius 2 is 2.13 bits per heavy atom. The first-order chi connectivity index (χ1) is 11.0. The fourth-order valence-electron chi connectivity index (χ4n) is 3.35. The van der Waals surface area contributed by atoms with Gasteiger partial charge in [-0.3, -0.25) is 10.0 Å². The number of hydroxylamine groups is 2. The first-order valence-electron chi connectivity index (χ1n) is 7.26. The molecule has 1 aromatic heterocycles. The largest absolute Gasteiger partial charge is 0.368 e. The highest BCUT2D eigenvalue weighted by Gasteiger charge is 2.50. The number of aryl methyl sites for hydroxylation is 1. The lowest BCUT2D eigenvalue weighted by Gasteiger charge is -2.27. The van der Waals surface area contributed by atoms with Crippen molar-refractivity contribution in [2.45, 2.75) is 19.0 Å². The SMILES string of the molecule is Cc1ccccc1-c1cc2c(s1)C(C(N)=O)N1C[C@H]2N(O)C1=O. The lowest BCUT2D eigenvalue weighted by Crippen LogP contribution is -2.40. The van der Waals surface area contributed by atoms with E-state index in [-0.39, 0.29) is 6.54 Å². The summed E-state index contributed by atoms with van der Waals surface area (Å²) in [5, 5.41) is 10.7. The standard InChI is InChI=1S/C16H15N3O3S/c1-8-4-2-3-5-9(8)12-6-10-11-7-18(16(21)19(11)22)13(15(17)20)14(10)23-12/h2-6,11,13,22H,7H2,1H3,(H2,17,20)/t11-,13?/m1/s1. The molecule has 2 bridgehead atoms. The fourth-order valence-corrected chi connectivity index (χ4v) is 4.78. The maximum atomic E-state index is 12.1. The van der Waals surface area contributed by atoms with Gasteiger partial charge in [-0.15, -0.1) is 11.3 Å². The molecule has 3 N–H and O–H groups in total. The molecule has 2 aromatic rings. The Morgan fingerprint density at radius 3 is 2.83 bits per heavy atom. The highest BCUT2D eigenvalue weighted by atomic mass is 32.1. The quantitative estimate of drug-likeness (QED) is 0.830. The lowest BCUT2D eigenvalue weighted by atomic mass is 9.97. The van der Waals surface area contributed by atoms with Gasteiger partial charge >= 0.3 is 6.03 Å². The summed E-state index contributed by atoms with van der Waals surface area (Å²) < 4.78 is 0. The molecule has 6 nitrogen and oxygen atoms in total. The van der Waals surface area contributed by atoms with Crippen molar-refractivity contribution in [2.24, 2.45) is 5.73 Å². The molecule has 0 aliphatic carbocycles. The van der Waals surface area contributed by atoms with Crippen molar-refractivity contribution in [3.05, 3.63) is 46.3 Å². The third kappa shape index (κ3) is 1.90. The van der Waals surface area contributed by atoms with E-state index in [1.807, 2.05) is 37.3 Å². The van der Waals surface area contributed by atoms with E-state index in [1.165, 1.54) is 16.2 Å². The Balaban J connectivity index is 1.89. The highest BCUT2D eigenvalue weighted by Crippen LogP contribution is 2.48. The third-order valence-corrected chi connectivity index (χ3v) is 5.73. The molecule has 1 aromatic carbocycles. The molecule has 3 heterocycles. The van der Waals surface area contributed by atoms with Gasteiger partial charge in [0.2, 0.25) is 5.91 Å². The second-order valence-corrected chi connectivity index (χ2v) is 6.93. The van der Waals surface area contributed by atoms with Gasteiger partial charge in [0.1, 0.15) is 12.1 Å². The molecule has 2 atom stereocenters. The Morgan fingerprint density at radius 1 is 1.39 bits per heavy atom. The average Bonchev–Trinajstić information content (AvgIpc) is 3.05. The van der Waals surface area contributed by atoms with Gasteiger partial charge in [0.05, 0.1) is 6.54 Å². The molecule has 1 saturated heterocycles. The van der Waals surface area contributed by atoms with E-state index >= 15 is 0 Å². The number of hydrogen-bond acceptors (Lipinski definition) is 4.